The Bertz CT molecular complexity index is 564. The number of rotatable bonds is 3. The highest BCUT2D eigenvalue weighted by atomic mass is 19.1. The van der Waals surface area contributed by atoms with Gasteiger partial charge in [0.1, 0.15) is 5.82 Å². The van der Waals surface area contributed by atoms with Crippen molar-refractivity contribution in [1.82, 2.24) is 0 Å². The molecule has 5 heteroatoms. The summed E-state index contributed by atoms with van der Waals surface area (Å²) in [5.41, 5.74) is 1.41. The molecule has 94 valence electrons. The molecule has 1 amide bonds. The average Bonchev–Trinajstić information content (AvgIpc) is 2.91. The molecular weight excluding hydrogens is 237 g/mol. The van der Waals surface area contributed by atoms with Crippen molar-refractivity contribution in [1.29, 1.82) is 0 Å². The number of aliphatic carboxylic acids is 1. The Morgan fingerprint density at radius 3 is 2.78 bits per heavy atom. The summed E-state index contributed by atoms with van der Waals surface area (Å²) in [4.78, 5) is 22.3. The van der Waals surface area contributed by atoms with Crippen LogP contribution in [0.2, 0.25) is 0 Å². The molecule has 2 N–H and O–H groups in total. The third-order valence-electron chi connectivity index (χ3n) is 3.71. The van der Waals surface area contributed by atoms with Crippen LogP contribution in [-0.4, -0.2) is 17.0 Å². The van der Waals surface area contributed by atoms with E-state index in [0.29, 0.717) is 16.8 Å². The molecule has 2 aliphatic rings. The summed E-state index contributed by atoms with van der Waals surface area (Å²) in [6.45, 7) is 0. The van der Waals surface area contributed by atoms with Gasteiger partial charge in [0.15, 0.2) is 0 Å². The van der Waals surface area contributed by atoms with Crippen molar-refractivity contribution in [2.45, 2.75) is 31.1 Å². The zero-order valence-electron chi connectivity index (χ0n) is 9.62. The van der Waals surface area contributed by atoms with E-state index in [0.717, 1.165) is 12.8 Å². The summed E-state index contributed by atoms with van der Waals surface area (Å²) >= 11 is 0. The van der Waals surface area contributed by atoms with Gasteiger partial charge in [0.2, 0.25) is 5.91 Å². The Hall–Kier alpha value is -1.91. The normalized spacial score (nSPS) is 19.3. The minimum Gasteiger partial charge on any atom is -0.481 e. The molecule has 0 radical (unpaired) electrons. The first-order valence-corrected chi connectivity index (χ1v) is 5.85. The Kier molecular flexibility index (Phi) is 2.20. The van der Waals surface area contributed by atoms with Crippen molar-refractivity contribution >= 4 is 17.6 Å². The van der Waals surface area contributed by atoms with E-state index in [1.165, 1.54) is 12.1 Å². The first-order valence-electron chi connectivity index (χ1n) is 5.85. The van der Waals surface area contributed by atoms with Crippen molar-refractivity contribution in [3.63, 3.8) is 0 Å². The van der Waals surface area contributed by atoms with E-state index in [9.17, 15) is 14.0 Å². The maximum Gasteiger partial charge on any atom is 0.304 e. The number of carbonyl (C=O) groups excluding carboxylic acids is 1. The van der Waals surface area contributed by atoms with Gasteiger partial charge in [-0.25, -0.2) is 4.39 Å². The van der Waals surface area contributed by atoms with Gasteiger partial charge in [-0.15, -0.1) is 0 Å². The molecular formula is C13H12FNO3. The third-order valence-corrected chi connectivity index (χ3v) is 3.71. The van der Waals surface area contributed by atoms with Gasteiger partial charge >= 0.3 is 5.97 Å². The fourth-order valence-electron chi connectivity index (χ4n) is 2.71. The van der Waals surface area contributed by atoms with Crippen LogP contribution in [0, 0.1) is 5.82 Å². The quantitative estimate of drug-likeness (QED) is 0.858. The molecule has 0 saturated heterocycles. The van der Waals surface area contributed by atoms with Gasteiger partial charge in [-0.2, -0.15) is 0 Å². The molecule has 0 aromatic heterocycles. The van der Waals surface area contributed by atoms with Crippen molar-refractivity contribution < 1.29 is 19.1 Å². The number of amides is 1. The summed E-state index contributed by atoms with van der Waals surface area (Å²) < 4.78 is 13.6. The van der Waals surface area contributed by atoms with Crippen LogP contribution in [0.15, 0.2) is 12.1 Å². The maximum atomic E-state index is 13.6. The van der Waals surface area contributed by atoms with Crippen LogP contribution < -0.4 is 5.32 Å². The minimum atomic E-state index is -0.894. The standard InChI is InChI=1S/C13H12FNO3/c14-8-3-7-4-10(16)15-12(7)9(5-8)13(1-2-13)6-11(17)18/h3,5H,1-2,4,6H2,(H,15,16)(H,17,18). The Balaban J connectivity index is 2.08. The first kappa shape index (κ1) is 11.2. The number of carbonyl (C=O) groups is 2. The number of benzene rings is 1. The van der Waals surface area contributed by atoms with Gasteiger partial charge < -0.3 is 10.4 Å². The second-order valence-electron chi connectivity index (χ2n) is 5.06. The van der Waals surface area contributed by atoms with Gasteiger partial charge in [0, 0.05) is 11.1 Å². The molecule has 1 heterocycles. The van der Waals surface area contributed by atoms with Gasteiger partial charge in [0.05, 0.1) is 12.8 Å². The topological polar surface area (TPSA) is 66.4 Å². The van der Waals surface area contributed by atoms with Gasteiger partial charge in [-0.05, 0) is 36.1 Å². The highest BCUT2D eigenvalue weighted by Crippen LogP contribution is 2.54. The lowest BCUT2D eigenvalue weighted by Crippen LogP contribution is -2.15. The molecule has 1 saturated carbocycles. The van der Waals surface area contributed by atoms with E-state index in [4.69, 9.17) is 5.11 Å². The van der Waals surface area contributed by atoms with Gasteiger partial charge in [-0.1, -0.05) is 0 Å². The second-order valence-corrected chi connectivity index (χ2v) is 5.06. The lowest BCUT2D eigenvalue weighted by atomic mass is 9.89. The van der Waals surface area contributed by atoms with E-state index >= 15 is 0 Å². The number of carboxylic acid groups (broad SMARTS) is 1. The summed E-state index contributed by atoms with van der Waals surface area (Å²) in [5.74, 6) is -1.46. The number of halogens is 1. The molecule has 3 rings (SSSR count). The molecule has 0 bridgehead atoms. The maximum absolute atomic E-state index is 13.6. The first-order chi connectivity index (χ1) is 8.50. The number of anilines is 1. The largest absolute Gasteiger partial charge is 0.481 e. The molecule has 4 nitrogen and oxygen atoms in total. The molecule has 18 heavy (non-hydrogen) atoms. The van der Waals surface area contributed by atoms with Crippen molar-refractivity contribution in [3.05, 3.63) is 29.1 Å². The molecule has 0 atom stereocenters. The summed E-state index contributed by atoms with van der Waals surface area (Å²) in [5, 5.41) is 11.7. The van der Waals surface area contributed by atoms with Crippen LogP contribution in [0.5, 0.6) is 0 Å². The van der Waals surface area contributed by atoms with Crippen molar-refractivity contribution in [2.24, 2.45) is 0 Å². The SMILES string of the molecule is O=C(O)CC1(c2cc(F)cc3c2NC(=O)C3)CC1. The number of hydrogen-bond acceptors (Lipinski definition) is 2. The number of hydrogen-bond donors (Lipinski definition) is 2. The lowest BCUT2D eigenvalue weighted by molar-refractivity contribution is -0.137. The monoisotopic (exact) mass is 249 g/mol. The highest BCUT2D eigenvalue weighted by molar-refractivity contribution is 6.00. The second kappa shape index (κ2) is 3.54. The molecule has 1 aromatic carbocycles. The van der Waals surface area contributed by atoms with Crippen molar-refractivity contribution in [3.8, 4) is 0 Å². The minimum absolute atomic E-state index is 0.0151. The van der Waals surface area contributed by atoms with E-state index in [-0.39, 0.29) is 18.7 Å². The van der Waals surface area contributed by atoms with Crippen LogP contribution in [-0.2, 0) is 21.4 Å². The zero-order valence-corrected chi connectivity index (χ0v) is 9.62. The molecule has 1 aliphatic carbocycles. The summed E-state index contributed by atoms with van der Waals surface area (Å²) in [6, 6.07) is 2.70. The Morgan fingerprint density at radius 1 is 1.44 bits per heavy atom. The molecule has 0 spiro atoms. The number of nitrogens with one attached hydrogen (secondary N) is 1. The van der Waals surface area contributed by atoms with E-state index in [1.54, 1.807) is 0 Å². The fourth-order valence-corrected chi connectivity index (χ4v) is 2.71. The summed E-state index contributed by atoms with van der Waals surface area (Å²) in [7, 11) is 0. The molecule has 0 unspecified atom stereocenters. The smallest absolute Gasteiger partial charge is 0.304 e. The van der Waals surface area contributed by atoms with Crippen LogP contribution in [0.25, 0.3) is 0 Å². The molecule has 1 aliphatic heterocycles. The van der Waals surface area contributed by atoms with Crippen LogP contribution >= 0.6 is 0 Å². The Labute approximate surface area is 103 Å². The molecule has 1 fully saturated rings. The average molecular weight is 249 g/mol. The molecule has 1 aromatic rings. The van der Waals surface area contributed by atoms with E-state index in [1.807, 2.05) is 0 Å². The van der Waals surface area contributed by atoms with E-state index < -0.39 is 17.2 Å². The highest BCUT2D eigenvalue weighted by Gasteiger charge is 2.48. The third kappa shape index (κ3) is 1.66. The lowest BCUT2D eigenvalue weighted by Gasteiger charge is -2.17. The van der Waals surface area contributed by atoms with Crippen LogP contribution in [0.1, 0.15) is 30.4 Å². The van der Waals surface area contributed by atoms with Crippen LogP contribution in [0.4, 0.5) is 10.1 Å². The van der Waals surface area contributed by atoms with Crippen molar-refractivity contribution in [2.75, 3.05) is 5.32 Å². The predicted octanol–water partition coefficient (Wildman–Crippen LogP) is 1.83. The fraction of sp³-hybridized carbons (Fsp3) is 0.385. The predicted molar refractivity (Wildman–Crippen MR) is 61.9 cm³/mol. The van der Waals surface area contributed by atoms with E-state index in [2.05, 4.69) is 5.32 Å². The zero-order chi connectivity index (χ0) is 12.9. The number of carboxylic acids is 1. The van der Waals surface area contributed by atoms with Crippen LogP contribution in [0.3, 0.4) is 0 Å². The number of fused-ring (bicyclic) bond motifs is 1. The summed E-state index contributed by atoms with van der Waals surface area (Å²) in [6.07, 6.45) is 1.61. The Morgan fingerprint density at radius 2 is 2.17 bits per heavy atom. The van der Waals surface area contributed by atoms with Gasteiger partial charge in [0.25, 0.3) is 0 Å². The van der Waals surface area contributed by atoms with Gasteiger partial charge in [-0.3, -0.25) is 9.59 Å².